The molecule has 0 bridgehead atoms. The highest BCUT2D eigenvalue weighted by Crippen LogP contribution is 2.49. The second-order valence-electron chi connectivity index (χ2n) is 3.91. The summed E-state index contributed by atoms with van der Waals surface area (Å²) < 4.78 is 0. The van der Waals surface area contributed by atoms with Crippen LogP contribution in [-0.4, -0.2) is 18.5 Å². The lowest BCUT2D eigenvalue weighted by Crippen LogP contribution is -2.47. The van der Waals surface area contributed by atoms with Crippen LogP contribution in [0.25, 0.3) is 0 Å². The molecule has 0 aromatic rings. The zero-order chi connectivity index (χ0) is 7.90. The Balaban J connectivity index is 0.000000720. The predicted molar refractivity (Wildman–Crippen MR) is 52.6 cm³/mol. The van der Waals surface area contributed by atoms with Gasteiger partial charge in [-0.3, -0.25) is 4.99 Å². The van der Waals surface area contributed by atoms with Crippen LogP contribution in [0.4, 0.5) is 0 Å². The first-order chi connectivity index (χ1) is 5.21. The maximum atomic E-state index is 5.59. The summed E-state index contributed by atoms with van der Waals surface area (Å²) >= 11 is 0. The molecule has 12 heavy (non-hydrogen) atoms. The first kappa shape index (κ1) is 9.65. The van der Waals surface area contributed by atoms with E-state index in [1.54, 1.807) is 0 Å². The average molecular weight is 190 g/mol. The van der Waals surface area contributed by atoms with Crippen LogP contribution in [-0.2, 0) is 0 Å². The molecule has 0 radical (unpaired) electrons. The average Bonchev–Trinajstić information content (AvgIpc) is 2.70. The first-order valence-electron chi connectivity index (χ1n) is 4.27. The van der Waals surface area contributed by atoms with Crippen molar-refractivity contribution in [1.29, 1.82) is 0 Å². The molecule has 3 N–H and O–H groups in total. The minimum absolute atomic E-state index is 0. The van der Waals surface area contributed by atoms with Crippen LogP contribution < -0.4 is 11.1 Å². The molecule has 70 valence electrons. The summed E-state index contributed by atoms with van der Waals surface area (Å²) in [6.07, 6.45) is 3.84. The molecule has 2 rings (SSSR count). The number of nitrogens with two attached hydrogens (primary N) is 1. The topological polar surface area (TPSA) is 50.4 Å². The van der Waals surface area contributed by atoms with Crippen LogP contribution in [0.3, 0.4) is 0 Å². The Labute approximate surface area is 79.2 Å². The summed E-state index contributed by atoms with van der Waals surface area (Å²) in [5, 5.41) is 3.25. The van der Waals surface area contributed by atoms with Crippen LogP contribution in [0.2, 0.25) is 0 Å². The van der Waals surface area contributed by atoms with Gasteiger partial charge in [0.15, 0.2) is 5.96 Å². The van der Waals surface area contributed by atoms with Gasteiger partial charge in [0.05, 0.1) is 0 Å². The molecule has 3 nitrogen and oxygen atoms in total. The maximum absolute atomic E-state index is 5.59. The Hall–Kier alpha value is -0.440. The van der Waals surface area contributed by atoms with Crippen molar-refractivity contribution >= 4 is 18.4 Å². The van der Waals surface area contributed by atoms with E-state index < -0.39 is 0 Å². The quantitative estimate of drug-likeness (QED) is 0.644. The van der Waals surface area contributed by atoms with E-state index in [0.29, 0.717) is 17.4 Å². The van der Waals surface area contributed by atoms with Crippen LogP contribution in [0.5, 0.6) is 0 Å². The van der Waals surface area contributed by atoms with Gasteiger partial charge in [-0.2, -0.15) is 0 Å². The highest BCUT2D eigenvalue weighted by Gasteiger charge is 2.45. The van der Waals surface area contributed by atoms with Crippen molar-refractivity contribution in [2.45, 2.75) is 32.2 Å². The van der Waals surface area contributed by atoms with Gasteiger partial charge in [-0.15, -0.1) is 12.4 Å². The van der Waals surface area contributed by atoms with Crippen molar-refractivity contribution in [3.8, 4) is 0 Å². The van der Waals surface area contributed by atoms with Crippen molar-refractivity contribution in [2.24, 2.45) is 16.1 Å². The van der Waals surface area contributed by atoms with E-state index in [1.165, 1.54) is 12.8 Å². The Morgan fingerprint density at radius 2 is 2.25 bits per heavy atom. The van der Waals surface area contributed by atoms with Crippen molar-refractivity contribution in [1.82, 2.24) is 5.32 Å². The lowest BCUT2D eigenvalue weighted by molar-refractivity contribution is 0.371. The normalized spacial score (nSPS) is 31.1. The number of guanidine groups is 1. The van der Waals surface area contributed by atoms with Crippen LogP contribution in [0, 0.1) is 5.41 Å². The van der Waals surface area contributed by atoms with Gasteiger partial charge in [0.25, 0.3) is 0 Å². The minimum atomic E-state index is 0. The number of halogens is 1. The molecular weight excluding hydrogens is 174 g/mol. The number of hydrogen-bond donors (Lipinski definition) is 2. The smallest absolute Gasteiger partial charge is 0.188 e. The molecule has 1 aliphatic carbocycles. The Morgan fingerprint density at radius 1 is 1.58 bits per heavy atom. The molecule has 1 saturated carbocycles. The standard InChI is InChI=1S/C8H15N3.ClH/c1-8(3-4-8)6-2-5-10-7(9)11-6;/h6H,2-5H2,1H3,(H3,9,10,11);1H. The second-order valence-corrected chi connectivity index (χ2v) is 3.91. The molecule has 0 aromatic carbocycles. The number of aliphatic imine (C=N–C) groups is 1. The Bertz CT molecular complexity index is 198. The van der Waals surface area contributed by atoms with Crippen LogP contribution in [0.1, 0.15) is 26.2 Å². The van der Waals surface area contributed by atoms with Crippen molar-refractivity contribution in [3.63, 3.8) is 0 Å². The van der Waals surface area contributed by atoms with Gasteiger partial charge < -0.3 is 11.1 Å². The fourth-order valence-electron chi connectivity index (χ4n) is 1.68. The van der Waals surface area contributed by atoms with Crippen LogP contribution >= 0.6 is 12.4 Å². The van der Waals surface area contributed by atoms with Gasteiger partial charge in [0.2, 0.25) is 0 Å². The van der Waals surface area contributed by atoms with Crippen molar-refractivity contribution in [2.75, 3.05) is 6.54 Å². The molecule has 4 heteroatoms. The molecule has 0 spiro atoms. The fourth-order valence-corrected chi connectivity index (χ4v) is 1.68. The van der Waals surface area contributed by atoms with E-state index in [1.807, 2.05) is 0 Å². The zero-order valence-electron chi connectivity index (χ0n) is 7.34. The molecule has 1 fully saturated rings. The molecule has 1 aliphatic heterocycles. The predicted octanol–water partition coefficient (Wildman–Crippen LogP) is 0.885. The molecule has 1 heterocycles. The summed E-state index contributed by atoms with van der Waals surface area (Å²) in [5.74, 6) is 0.634. The van der Waals surface area contributed by atoms with Crippen LogP contribution in [0.15, 0.2) is 4.99 Å². The largest absolute Gasteiger partial charge is 0.370 e. The van der Waals surface area contributed by atoms with Gasteiger partial charge in [-0.25, -0.2) is 0 Å². The van der Waals surface area contributed by atoms with Gasteiger partial charge in [0.1, 0.15) is 0 Å². The highest BCUT2D eigenvalue weighted by atomic mass is 35.5. The summed E-state index contributed by atoms with van der Waals surface area (Å²) in [5.41, 5.74) is 6.12. The number of hydrogen-bond acceptors (Lipinski definition) is 3. The van der Waals surface area contributed by atoms with Crippen molar-refractivity contribution in [3.05, 3.63) is 0 Å². The summed E-state index contributed by atoms with van der Waals surface area (Å²) in [7, 11) is 0. The molecule has 0 saturated heterocycles. The Morgan fingerprint density at radius 3 is 2.75 bits per heavy atom. The van der Waals surface area contributed by atoms with Gasteiger partial charge in [0, 0.05) is 12.6 Å². The van der Waals surface area contributed by atoms with Gasteiger partial charge >= 0.3 is 0 Å². The zero-order valence-corrected chi connectivity index (χ0v) is 8.16. The van der Waals surface area contributed by atoms with E-state index in [2.05, 4.69) is 17.2 Å². The van der Waals surface area contributed by atoms with E-state index in [9.17, 15) is 0 Å². The maximum Gasteiger partial charge on any atom is 0.188 e. The first-order valence-corrected chi connectivity index (χ1v) is 4.27. The van der Waals surface area contributed by atoms with E-state index >= 15 is 0 Å². The summed E-state index contributed by atoms with van der Waals surface area (Å²) in [6, 6.07) is 0.583. The SMILES string of the molecule is CC1(C2CCN=C(N)N2)CC1.Cl. The van der Waals surface area contributed by atoms with E-state index in [0.717, 1.165) is 13.0 Å². The van der Waals surface area contributed by atoms with E-state index in [4.69, 9.17) is 5.73 Å². The molecule has 0 aromatic heterocycles. The highest BCUT2D eigenvalue weighted by molar-refractivity contribution is 5.85. The second kappa shape index (κ2) is 3.13. The third kappa shape index (κ3) is 1.66. The lowest BCUT2D eigenvalue weighted by Gasteiger charge is -2.27. The van der Waals surface area contributed by atoms with Gasteiger partial charge in [-0.05, 0) is 24.7 Å². The molecular formula is C8H16ClN3. The molecule has 1 unspecified atom stereocenters. The fraction of sp³-hybridized carbons (Fsp3) is 0.875. The Kier molecular flexibility index (Phi) is 2.52. The minimum Gasteiger partial charge on any atom is -0.370 e. The monoisotopic (exact) mass is 189 g/mol. The number of nitrogens with zero attached hydrogens (tertiary/aromatic N) is 1. The van der Waals surface area contributed by atoms with Gasteiger partial charge in [-0.1, -0.05) is 6.92 Å². The lowest BCUT2D eigenvalue weighted by atomic mass is 9.95. The number of nitrogens with one attached hydrogen (secondary N) is 1. The molecule has 2 aliphatic rings. The van der Waals surface area contributed by atoms with Crippen molar-refractivity contribution < 1.29 is 0 Å². The van der Waals surface area contributed by atoms with E-state index in [-0.39, 0.29) is 12.4 Å². The molecule has 0 amide bonds. The molecule has 1 atom stereocenters. The number of rotatable bonds is 1. The summed E-state index contributed by atoms with van der Waals surface area (Å²) in [6.45, 7) is 3.22. The third-order valence-electron chi connectivity index (χ3n) is 2.90. The summed E-state index contributed by atoms with van der Waals surface area (Å²) in [4.78, 5) is 4.10. The third-order valence-corrected chi connectivity index (χ3v) is 2.90.